The summed E-state index contributed by atoms with van der Waals surface area (Å²) in [5.74, 6) is 0.424. The van der Waals surface area contributed by atoms with Gasteiger partial charge in [0.2, 0.25) is 5.95 Å². The number of H-pyrrole nitrogens is 1. The predicted octanol–water partition coefficient (Wildman–Crippen LogP) is 2.95. The first-order valence-electron chi connectivity index (χ1n) is 7.90. The lowest BCUT2D eigenvalue weighted by molar-refractivity contribution is 0.101. The standard InChI is InChI=1S/C19H17N3O2/c1-11-7-15(12(2)23)17-16(8-11)18(24)21-19(20-17)22-9-13-5-3-4-6-14(13)10-22/h3-8H,9-10H2,1-2H3,(H,20,21,24). The van der Waals surface area contributed by atoms with E-state index in [-0.39, 0.29) is 11.3 Å². The van der Waals surface area contributed by atoms with Crippen molar-refractivity contribution in [3.63, 3.8) is 0 Å². The topological polar surface area (TPSA) is 66.1 Å². The molecule has 0 saturated heterocycles. The van der Waals surface area contributed by atoms with Gasteiger partial charge in [-0.15, -0.1) is 0 Å². The average Bonchev–Trinajstić information content (AvgIpc) is 2.98. The first-order chi connectivity index (χ1) is 11.5. The van der Waals surface area contributed by atoms with Crippen LogP contribution in [0.3, 0.4) is 0 Å². The van der Waals surface area contributed by atoms with Crippen LogP contribution in [0.5, 0.6) is 0 Å². The number of aryl methyl sites for hydroxylation is 1. The van der Waals surface area contributed by atoms with Crippen molar-refractivity contribution in [2.75, 3.05) is 4.90 Å². The Hall–Kier alpha value is -2.95. The van der Waals surface area contributed by atoms with E-state index in [1.165, 1.54) is 18.1 Å². The lowest BCUT2D eigenvalue weighted by atomic mass is 10.0. The highest BCUT2D eigenvalue weighted by Gasteiger charge is 2.22. The summed E-state index contributed by atoms with van der Waals surface area (Å²) >= 11 is 0. The van der Waals surface area contributed by atoms with Crippen LogP contribution in [0.25, 0.3) is 10.9 Å². The second kappa shape index (κ2) is 5.30. The molecule has 0 spiro atoms. The lowest BCUT2D eigenvalue weighted by Crippen LogP contribution is -2.22. The minimum atomic E-state index is -0.211. The third kappa shape index (κ3) is 2.29. The molecule has 1 aliphatic rings. The van der Waals surface area contributed by atoms with Crippen molar-refractivity contribution in [3.8, 4) is 0 Å². The predicted molar refractivity (Wildman–Crippen MR) is 93.4 cm³/mol. The number of rotatable bonds is 2. The molecule has 4 rings (SSSR count). The molecule has 0 amide bonds. The number of hydrogen-bond acceptors (Lipinski definition) is 4. The molecular formula is C19H17N3O2. The number of fused-ring (bicyclic) bond motifs is 2. The number of nitrogens with one attached hydrogen (secondary N) is 1. The summed E-state index contributed by atoms with van der Waals surface area (Å²) < 4.78 is 0. The molecule has 0 unspecified atom stereocenters. The summed E-state index contributed by atoms with van der Waals surface area (Å²) in [6, 6.07) is 11.7. The fraction of sp³-hybridized carbons (Fsp3) is 0.211. The average molecular weight is 319 g/mol. The Kier molecular flexibility index (Phi) is 3.23. The number of aromatic nitrogens is 2. The molecule has 1 aliphatic heterocycles. The Morgan fingerprint density at radius 1 is 1.17 bits per heavy atom. The number of nitrogens with zero attached hydrogens (tertiary/aromatic N) is 2. The van der Waals surface area contributed by atoms with Gasteiger partial charge >= 0.3 is 0 Å². The summed E-state index contributed by atoms with van der Waals surface area (Å²) in [6.07, 6.45) is 0. The number of carbonyl (C=O) groups is 1. The van der Waals surface area contributed by atoms with Gasteiger partial charge in [-0.25, -0.2) is 4.98 Å². The molecule has 0 aliphatic carbocycles. The largest absolute Gasteiger partial charge is 0.334 e. The van der Waals surface area contributed by atoms with E-state index in [4.69, 9.17) is 0 Å². The normalized spacial score (nSPS) is 13.3. The highest BCUT2D eigenvalue weighted by molar-refractivity contribution is 6.05. The summed E-state index contributed by atoms with van der Waals surface area (Å²) in [4.78, 5) is 34.0. The fourth-order valence-corrected chi connectivity index (χ4v) is 3.28. The van der Waals surface area contributed by atoms with Crippen molar-refractivity contribution in [3.05, 3.63) is 69.0 Å². The van der Waals surface area contributed by atoms with Crippen molar-refractivity contribution < 1.29 is 4.79 Å². The highest BCUT2D eigenvalue weighted by atomic mass is 16.1. The second-order valence-corrected chi connectivity index (χ2v) is 6.28. The smallest absolute Gasteiger partial charge is 0.260 e. The Morgan fingerprint density at radius 2 is 1.83 bits per heavy atom. The highest BCUT2D eigenvalue weighted by Crippen LogP contribution is 2.26. The van der Waals surface area contributed by atoms with Gasteiger partial charge in [0, 0.05) is 18.7 Å². The van der Waals surface area contributed by atoms with Crippen LogP contribution in [0.1, 0.15) is 34.0 Å². The van der Waals surface area contributed by atoms with E-state index in [0.717, 1.165) is 5.56 Å². The zero-order valence-electron chi connectivity index (χ0n) is 13.6. The molecule has 3 aromatic rings. The first kappa shape index (κ1) is 14.6. The van der Waals surface area contributed by atoms with Crippen LogP contribution in [0, 0.1) is 6.92 Å². The maximum absolute atomic E-state index is 12.5. The minimum Gasteiger partial charge on any atom is -0.334 e. The van der Waals surface area contributed by atoms with Gasteiger partial charge in [0.25, 0.3) is 5.56 Å². The SMILES string of the molecule is CC(=O)c1cc(C)cc2c(=O)[nH]c(N3Cc4ccccc4C3)nc12. The van der Waals surface area contributed by atoms with Crippen LogP contribution in [0.15, 0.2) is 41.2 Å². The third-order valence-corrected chi connectivity index (χ3v) is 4.46. The fourth-order valence-electron chi connectivity index (χ4n) is 3.28. The third-order valence-electron chi connectivity index (χ3n) is 4.46. The molecule has 0 saturated carbocycles. The van der Waals surface area contributed by atoms with Gasteiger partial charge in [0.05, 0.1) is 10.9 Å². The van der Waals surface area contributed by atoms with Gasteiger partial charge in [-0.05, 0) is 42.7 Å². The molecule has 0 fully saturated rings. The van der Waals surface area contributed by atoms with Crippen LogP contribution in [-0.4, -0.2) is 15.8 Å². The van der Waals surface area contributed by atoms with Crippen molar-refractivity contribution in [2.24, 2.45) is 0 Å². The Balaban J connectivity index is 1.87. The van der Waals surface area contributed by atoms with Gasteiger partial charge in [-0.1, -0.05) is 24.3 Å². The van der Waals surface area contributed by atoms with Gasteiger partial charge in [-0.2, -0.15) is 0 Å². The zero-order chi connectivity index (χ0) is 16.8. The summed E-state index contributed by atoms with van der Waals surface area (Å²) in [5, 5.41) is 0.459. The summed E-state index contributed by atoms with van der Waals surface area (Å²) in [5.41, 5.74) is 4.10. The van der Waals surface area contributed by atoms with Crippen LogP contribution in [-0.2, 0) is 13.1 Å². The van der Waals surface area contributed by atoms with Gasteiger partial charge < -0.3 is 4.90 Å². The van der Waals surface area contributed by atoms with Crippen molar-refractivity contribution >= 4 is 22.6 Å². The number of ketones is 1. The van der Waals surface area contributed by atoms with E-state index in [1.54, 1.807) is 12.1 Å². The number of Topliss-reactive ketones (excluding diaryl/α,β-unsaturated/α-hetero) is 1. The molecule has 0 bridgehead atoms. The Bertz CT molecular complexity index is 1010. The van der Waals surface area contributed by atoms with Gasteiger partial charge in [0.1, 0.15) is 0 Å². The lowest BCUT2D eigenvalue weighted by Gasteiger charge is -2.17. The molecule has 5 heteroatoms. The number of hydrogen-bond donors (Lipinski definition) is 1. The van der Waals surface area contributed by atoms with E-state index in [0.29, 0.717) is 35.5 Å². The van der Waals surface area contributed by atoms with E-state index < -0.39 is 0 Å². The quantitative estimate of drug-likeness (QED) is 0.738. The molecule has 2 aromatic carbocycles. The molecule has 120 valence electrons. The first-order valence-corrected chi connectivity index (χ1v) is 7.90. The minimum absolute atomic E-state index is 0.0857. The monoisotopic (exact) mass is 319 g/mol. The van der Waals surface area contributed by atoms with E-state index in [1.807, 2.05) is 24.0 Å². The molecule has 5 nitrogen and oxygen atoms in total. The van der Waals surface area contributed by atoms with Crippen LogP contribution in [0.4, 0.5) is 5.95 Å². The number of aromatic amines is 1. The van der Waals surface area contributed by atoms with Crippen LogP contribution >= 0.6 is 0 Å². The van der Waals surface area contributed by atoms with Crippen LogP contribution < -0.4 is 10.5 Å². The van der Waals surface area contributed by atoms with Crippen LogP contribution in [0.2, 0.25) is 0 Å². The Morgan fingerprint density at radius 3 is 2.46 bits per heavy atom. The molecule has 0 atom stereocenters. The molecule has 2 heterocycles. The molecule has 1 N–H and O–H groups in total. The zero-order valence-corrected chi connectivity index (χ0v) is 13.6. The summed E-state index contributed by atoms with van der Waals surface area (Å²) in [7, 11) is 0. The maximum Gasteiger partial charge on any atom is 0.260 e. The van der Waals surface area contributed by atoms with E-state index in [9.17, 15) is 9.59 Å². The van der Waals surface area contributed by atoms with E-state index >= 15 is 0 Å². The number of anilines is 1. The summed E-state index contributed by atoms with van der Waals surface area (Å²) in [6.45, 7) is 4.77. The second-order valence-electron chi connectivity index (χ2n) is 6.28. The van der Waals surface area contributed by atoms with E-state index in [2.05, 4.69) is 22.1 Å². The van der Waals surface area contributed by atoms with Crippen molar-refractivity contribution in [2.45, 2.75) is 26.9 Å². The molecule has 0 radical (unpaired) electrons. The maximum atomic E-state index is 12.5. The molecular weight excluding hydrogens is 302 g/mol. The Labute approximate surface area is 139 Å². The van der Waals surface area contributed by atoms with Gasteiger partial charge in [0.15, 0.2) is 5.78 Å². The molecule has 24 heavy (non-hydrogen) atoms. The van der Waals surface area contributed by atoms with Gasteiger partial charge in [-0.3, -0.25) is 14.6 Å². The molecule has 1 aromatic heterocycles. The van der Waals surface area contributed by atoms with Crippen molar-refractivity contribution in [1.29, 1.82) is 0 Å². The van der Waals surface area contributed by atoms with Crippen molar-refractivity contribution in [1.82, 2.24) is 9.97 Å². The number of benzene rings is 2. The number of carbonyl (C=O) groups excluding carboxylic acids is 1.